The molecule has 192 valence electrons. The molecule has 0 bridgehead atoms. The van der Waals surface area contributed by atoms with Crippen LogP contribution in [-0.2, 0) is 9.53 Å². The van der Waals surface area contributed by atoms with Crippen molar-refractivity contribution in [3.8, 4) is 0 Å². The Kier molecular flexibility index (Phi) is 6.74. The predicted molar refractivity (Wildman–Crippen MR) is 142 cm³/mol. The first-order valence-corrected chi connectivity index (χ1v) is 14.3. The Morgan fingerprint density at radius 2 is 1.76 bits per heavy atom. The van der Waals surface area contributed by atoms with E-state index >= 15 is 0 Å². The standard InChI is InChI=1S/C32H52O2/c1-21(2)11-10-12-22(3)24-15-19-32(9)26-13-14-27-29(5,6)28(34-23(4)33)17-18-30(27,7)25(26)16-20-31(24,32)8/h11,13,22,24-25,27-28H,10,12,14-20H2,1-9H3/t22-,24-,25+,27+,28+,30-,31-,32+/m1/s1. The molecule has 8 atom stereocenters. The zero-order valence-electron chi connectivity index (χ0n) is 23.7. The van der Waals surface area contributed by atoms with Gasteiger partial charge in [-0.3, -0.25) is 4.79 Å². The minimum atomic E-state index is -0.120. The molecule has 2 heteroatoms. The molecule has 2 nitrogen and oxygen atoms in total. The highest BCUT2D eigenvalue weighted by molar-refractivity contribution is 5.66. The fourth-order valence-electron chi connectivity index (χ4n) is 9.89. The van der Waals surface area contributed by atoms with Gasteiger partial charge < -0.3 is 4.74 Å². The predicted octanol–water partition coefficient (Wildman–Crippen LogP) is 8.91. The molecule has 0 aliphatic heterocycles. The van der Waals surface area contributed by atoms with Gasteiger partial charge in [-0.15, -0.1) is 0 Å². The number of allylic oxidation sites excluding steroid dienone is 4. The minimum absolute atomic E-state index is 0.0278. The van der Waals surface area contributed by atoms with E-state index in [1.165, 1.54) is 50.5 Å². The number of hydrogen-bond donors (Lipinski definition) is 0. The van der Waals surface area contributed by atoms with Gasteiger partial charge in [-0.2, -0.15) is 0 Å². The van der Waals surface area contributed by atoms with Gasteiger partial charge in [0.2, 0.25) is 0 Å². The van der Waals surface area contributed by atoms with Crippen LogP contribution in [-0.4, -0.2) is 12.1 Å². The molecule has 0 heterocycles. The van der Waals surface area contributed by atoms with E-state index in [-0.39, 0.29) is 17.5 Å². The Morgan fingerprint density at radius 1 is 1.06 bits per heavy atom. The topological polar surface area (TPSA) is 26.3 Å². The zero-order valence-corrected chi connectivity index (χ0v) is 23.7. The van der Waals surface area contributed by atoms with Crippen LogP contribution >= 0.6 is 0 Å². The van der Waals surface area contributed by atoms with Crippen molar-refractivity contribution in [2.75, 3.05) is 0 Å². The zero-order chi connectivity index (χ0) is 25.1. The summed E-state index contributed by atoms with van der Waals surface area (Å²) in [7, 11) is 0. The van der Waals surface area contributed by atoms with E-state index in [1.807, 2.05) is 5.57 Å². The molecular weight excluding hydrogens is 416 g/mol. The average Bonchev–Trinajstić information content (AvgIpc) is 3.01. The van der Waals surface area contributed by atoms with E-state index in [9.17, 15) is 4.79 Å². The molecule has 0 spiro atoms. The molecule has 0 aromatic carbocycles. The van der Waals surface area contributed by atoms with Gasteiger partial charge in [0.05, 0.1) is 0 Å². The second-order valence-electron chi connectivity index (χ2n) is 14.2. The molecule has 0 saturated heterocycles. The fraction of sp³-hybridized carbons (Fsp3) is 0.844. The van der Waals surface area contributed by atoms with E-state index < -0.39 is 0 Å². The Balaban J connectivity index is 1.61. The van der Waals surface area contributed by atoms with E-state index in [0.29, 0.717) is 28.1 Å². The van der Waals surface area contributed by atoms with Gasteiger partial charge in [0.25, 0.3) is 0 Å². The summed E-state index contributed by atoms with van der Waals surface area (Å²) in [6.07, 6.45) is 16.6. The lowest BCUT2D eigenvalue weighted by atomic mass is 9.41. The molecule has 0 aromatic heterocycles. The lowest BCUT2D eigenvalue weighted by Gasteiger charge is -2.64. The van der Waals surface area contributed by atoms with Crippen LogP contribution in [0, 0.1) is 45.3 Å². The van der Waals surface area contributed by atoms with Crippen molar-refractivity contribution < 1.29 is 9.53 Å². The molecular formula is C32H52O2. The number of rotatable bonds is 5. The van der Waals surface area contributed by atoms with E-state index in [0.717, 1.165) is 24.7 Å². The Hall–Kier alpha value is -1.05. The van der Waals surface area contributed by atoms with Crippen molar-refractivity contribution in [2.24, 2.45) is 45.3 Å². The second-order valence-corrected chi connectivity index (χ2v) is 14.2. The van der Waals surface area contributed by atoms with Crippen molar-refractivity contribution in [1.29, 1.82) is 0 Å². The quantitative estimate of drug-likeness (QED) is 0.297. The Labute approximate surface area is 210 Å². The van der Waals surface area contributed by atoms with Crippen LogP contribution in [0.25, 0.3) is 0 Å². The maximum atomic E-state index is 11.8. The van der Waals surface area contributed by atoms with Crippen molar-refractivity contribution in [3.63, 3.8) is 0 Å². The van der Waals surface area contributed by atoms with Gasteiger partial charge >= 0.3 is 5.97 Å². The monoisotopic (exact) mass is 468 g/mol. The Bertz CT molecular complexity index is 860. The number of hydrogen-bond acceptors (Lipinski definition) is 2. The van der Waals surface area contributed by atoms with E-state index in [1.54, 1.807) is 6.92 Å². The van der Waals surface area contributed by atoms with Crippen LogP contribution < -0.4 is 0 Å². The molecule has 4 aliphatic carbocycles. The summed E-state index contributed by atoms with van der Waals surface area (Å²) >= 11 is 0. The second kappa shape index (κ2) is 8.81. The van der Waals surface area contributed by atoms with E-state index in [2.05, 4.69) is 67.5 Å². The van der Waals surface area contributed by atoms with Crippen LogP contribution in [0.5, 0.6) is 0 Å². The third kappa shape index (κ3) is 3.85. The van der Waals surface area contributed by atoms with Crippen molar-refractivity contribution in [1.82, 2.24) is 0 Å². The highest BCUT2D eigenvalue weighted by Gasteiger charge is 2.65. The smallest absolute Gasteiger partial charge is 0.302 e. The summed E-state index contributed by atoms with van der Waals surface area (Å²) < 4.78 is 5.87. The lowest BCUT2D eigenvalue weighted by molar-refractivity contribution is -0.174. The molecule has 4 aliphatic rings. The maximum absolute atomic E-state index is 11.8. The van der Waals surface area contributed by atoms with Crippen LogP contribution in [0.2, 0.25) is 0 Å². The number of fused-ring (bicyclic) bond motifs is 5. The van der Waals surface area contributed by atoms with Crippen molar-refractivity contribution >= 4 is 5.97 Å². The number of carbonyl (C=O) groups is 1. The average molecular weight is 469 g/mol. The Morgan fingerprint density at radius 3 is 2.41 bits per heavy atom. The highest BCUT2D eigenvalue weighted by atomic mass is 16.5. The van der Waals surface area contributed by atoms with Crippen molar-refractivity contribution in [3.05, 3.63) is 23.3 Å². The van der Waals surface area contributed by atoms with E-state index in [4.69, 9.17) is 4.74 Å². The summed E-state index contributed by atoms with van der Waals surface area (Å²) in [6.45, 7) is 21.2. The largest absolute Gasteiger partial charge is 0.462 e. The summed E-state index contributed by atoms with van der Waals surface area (Å²) in [6, 6.07) is 0. The first-order valence-electron chi connectivity index (χ1n) is 14.3. The lowest BCUT2D eigenvalue weighted by Crippen LogP contribution is -2.58. The highest BCUT2D eigenvalue weighted by Crippen LogP contribution is 2.73. The van der Waals surface area contributed by atoms with Crippen LogP contribution in [0.3, 0.4) is 0 Å². The van der Waals surface area contributed by atoms with Gasteiger partial charge in [0.1, 0.15) is 6.10 Å². The van der Waals surface area contributed by atoms with Gasteiger partial charge in [0.15, 0.2) is 0 Å². The molecule has 0 aromatic rings. The normalized spacial score (nSPS) is 43.6. The summed E-state index contributed by atoms with van der Waals surface area (Å²) in [5.74, 6) is 2.79. The summed E-state index contributed by atoms with van der Waals surface area (Å²) in [5, 5.41) is 0. The number of carbonyl (C=O) groups excluding carboxylic acids is 1. The van der Waals surface area contributed by atoms with Crippen LogP contribution in [0.4, 0.5) is 0 Å². The van der Waals surface area contributed by atoms with Crippen molar-refractivity contribution in [2.45, 2.75) is 126 Å². The molecule has 0 radical (unpaired) electrons. The van der Waals surface area contributed by atoms with Gasteiger partial charge in [0, 0.05) is 12.3 Å². The number of ether oxygens (including phenoxy) is 1. The van der Waals surface area contributed by atoms with Crippen LogP contribution in [0.1, 0.15) is 120 Å². The fourth-order valence-corrected chi connectivity index (χ4v) is 9.89. The first-order chi connectivity index (χ1) is 15.8. The third-order valence-corrected chi connectivity index (χ3v) is 12.0. The molecule has 3 fully saturated rings. The van der Waals surface area contributed by atoms with Gasteiger partial charge in [-0.25, -0.2) is 0 Å². The van der Waals surface area contributed by atoms with Gasteiger partial charge in [-0.05, 0) is 112 Å². The first kappa shape index (κ1) is 26.0. The molecule has 3 saturated carbocycles. The number of esters is 1. The molecule has 0 unspecified atom stereocenters. The third-order valence-electron chi connectivity index (χ3n) is 12.0. The molecule has 0 N–H and O–H groups in total. The molecule has 34 heavy (non-hydrogen) atoms. The molecule has 0 amide bonds. The SMILES string of the molecule is CC(=O)O[C@H]1CC[C@]2(C)[C@H]3CC[C@]4(C)[C@@H]([C@H](C)CCC=C(C)C)CC[C@@]4(C)C3=CC[C@H]2C1(C)C. The van der Waals surface area contributed by atoms with Gasteiger partial charge in [-0.1, -0.05) is 64.8 Å². The summed E-state index contributed by atoms with van der Waals surface area (Å²) in [4.78, 5) is 11.8. The summed E-state index contributed by atoms with van der Waals surface area (Å²) in [5.41, 5.74) is 4.39. The maximum Gasteiger partial charge on any atom is 0.302 e. The minimum Gasteiger partial charge on any atom is -0.462 e. The van der Waals surface area contributed by atoms with Crippen LogP contribution in [0.15, 0.2) is 23.3 Å². The molecule has 4 rings (SSSR count).